The number of benzene rings is 2. The number of hydrogen-bond acceptors (Lipinski definition) is 1. The second-order valence-electron chi connectivity index (χ2n) is 7.01. The van der Waals surface area contributed by atoms with Gasteiger partial charge in [-0.2, -0.15) is 0 Å². The predicted molar refractivity (Wildman–Crippen MR) is 96.9 cm³/mol. The van der Waals surface area contributed by atoms with Crippen LogP contribution in [0.15, 0.2) is 0 Å². The largest absolute Gasteiger partial charge is 0.355 e. The molecule has 1 heterocycles. The second kappa shape index (κ2) is 4.87. The van der Waals surface area contributed by atoms with Crippen molar-refractivity contribution >= 4 is 11.4 Å². The third-order valence-corrected chi connectivity index (χ3v) is 6.24. The van der Waals surface area contributed by atoms with Crippen LogP contribution < -0.4 is 5.32 Å². The molecule has 0 bridgehead atoms. The Labute approximate surface area is 134 Å². The molecule has 0 fully saturated rings. The molecule has 0 aromatic heterocycles. The second-order valence-corrected chi connectivity index (χ2v) is 7.01. The van der Waals surface area contributed by atoms with Crippen LogP contribution in [-0.4, -0.2) is 0 Å². The Bertz CT molecular complexity index is 675. The van der Waals surface area contributed by atoms with E-state index in [1.165, 1.54) is 67.0 Å². The van der Waals surface area contributed by atoms with Gasteiger partial charge in [-0.25, -0.2) is 0 Å². The lowest BCUT2D eigenvalue weighted by molar-refractivity contribution is 1.04. The maximum Gasteiger partial charge on any atom is 0.0455 e. The van der Waals surface area contributed by atoms with Gasteiger partial charge in [0.15, 0.2) is 0 Å². The van der Waals surface area contributed by atoms with Crippen molar-refractivity contribution in [3.05, 3.63) is 55.6 Å². The van der Waals surface area contributed by atoms with Gasteiger partial charge in [0, 0.05) is 17.8 Å². The fourth-order valence-corrected chi connectivity index (χ4v) is 3.86. The fourth-order valence-electron chi connectivity index (χ4n) is 3.86. The van der Waals surface area contributed by atoms with E-state index in [-0.39, 0.29) is 0 Å². The van der Waals surface area contributed by atoms with Gasteiger partial charge < -0.3 is 5.32 Å². The number of rotatable bonds is 0. The van der Waals surface area contributed by atoms with Crippen LogP contribution in [0, 0.1) is 55.4 Å². The highest BCUT2D eigenvalue weighted by Crippen LogP contribution is 2.43. The normalized spacial score (nSPS) is 12.7. The van der Waals surface area contributed by atoms with Crippen LogP contribution in [0.25, 0.3) is 0 Å². The van der Waals surface area contributed by atoms with Gasteiger partial charge >= 0.3 is 0 Å². The van der Waals surface area contributed by atoms with Gasteiger partial charge in [-0.15, -0.1) is 0 Å². The first-order valence-corrected chi connectivity index (χ1v) is 8.21. The Balaban J connectivity index is 2.32. The first kappa shape index (κ1) is 15.1. The zero-order valence-electron chi connectivity index (χ0n) is 15.2. The van der Waals surface area contributed by atoms with E-state index in [0.717, 1.165) is 6.42 Å². The first-order valence-electron chi connectivity index (χ1n) is 8.21. The Morgan fingerprint density at radius 3 is 1.14 bits per heavy atom. The SMILES string of the molecule is Cc1c(C)c(C)c2c(c1C)Cc1c(C)c(C)c(C)c(C)c1N2. The summed E-state index contributed by atoms with van der Waals surface area (Å²) in [6, 6.07) is 0. The monoisotopic (exact) mass is 293 g/mol. The molecular weight excluding hydrogens is 266 g/mol. The minimum absolute atomic E-state index is 1.05. The van der Waals surface area contributed by atoms with Crippen molar-refractivity contribution in [2.75, 3.05) is 5.32 Å². The molecule has 2 aromatic carbocycles. The Morgan fingerprint density at radius 2 is 0.773 bits per heavy atom. The van der Waals surface area contributed by atoms with E-state index in [1.807, 2.05) is 0 Å². The van der Waals surface area contributed by atoms with Crippen molar-refractivity contribution in [1.29, 1.82) is 0 Å². The number of anilines is 2. The van der Waals surface area contributed by atoms with Crippen molar-refractivity contribution in [2.45, 2.75) is 61.8 Å². The summed E-state index contributed by atoms with van der Waals surface area (Å²) in [4.78, 5) is 0. The molecule has 3 rings (SSSR count). The van der Waals surface area contributed by atoms with E-state index < -0.39 is 0 Å². The molecule has 0 spiro atoms. The molecule has 1 heteroatoms. The van der Waals surface area contributed by atoms with Crippen molar-refractivity contribution < 1.29 is 0 Å². The van der Waals surface area contributed by atoms with Crippen LogP contribution in [-0.2, 0) is 6.42 Å². The van der Waals surface area contributed by atoms with Crippen LogP contribution in [0.2, 0.25) is 0 Å². The lowest BCUT2D eigenvalue weighted by Crippen LogP contribution is -2.16. The molecule has 0 amide bonds. The summed E-state index contributed by atoms with van der Waals surface area (Å²) in [7, 11) is 0. The average Bonchev–Trinajstić information content (AvgIpc) is 2.52. The summed E-state index contributed by atoms with van der Waals surface area (Å²) < 4.78 is 0. The van der Waals surface area contributed by atoms with E-state index in [9.17, 15) is 0 Å². The lowest BCUT2D eigenvalue weighted by Gasteiger charge is -2.31. The maximum absolute atomic E-state index is 3.79. The minimum atomic E-state index is 1.05. The molecule has 1 N–H and O–H groups in total. The first-order chi connectivity index (χ1) is 10.3. The van der Waals surface area contributed by atoms with E-state index in [0.29, 0.717) is 0 Å². The highest BCUT2D eigenvalue weighted by Gasteiger charge is 2.25. The predicted octanol–water partition coefficient (Wildman–Crippen LogP) is 5.80. The lowest BCUT2D eigenvalue weighted by atomic mass is 9.82. The highest BCUT2D eigenvalue weighted by atomic mass is 14.9. The zero-order valence-corrected chi connectivity index (χ0v) is 15.2. The van der Waals surface area contributed by atoms with Gasteiger partial charge in [-0.1, -0.05) is 0 Å². The average molecular weight is 293 g/mol. The van der Waals surface area contributed by atoms with Gasteiger partial charge in [0.05, 0.1) is 0 Å². The number of hydrogen-bond donors (Lipinski definition) is 1. The smallest absolute Gasteiger partial charge is 0.0455 e. The molecule has 0 saturated heterocycles. The maximum atomic E-state index is 3.79. The summed E-state index contributed by atoms with van der Waals surface area (Å²) in [6.07, 6.45) is 1.05. The number of nitrogens with one attached hydrogen (secondary N) is 1. The van der Waals surface area contributed by atoms with Gasteiger partial charge in [0.25, 0.3) is 0 Å². The van der Waals surface area contributed by atoms with Gasteiger partial charge in [-0.05, 0) is 111 Å². The quantitative estimate of drug-likeness (QED) is 0.552. The van der Waals surface area contributed by atoms with Crippen molar-refractivity contribution in [3.8, 4) is 0 Å². The Kier molecular flexibility index (Phi) is 3.36. The summed E-state index contributed by atoms with van der Waals surface area (Å²) in [5, 5.41) is 3.79. The Hall–Kier alpha value is -1.76. The van der Waals surface area contributed by atoms with Gasteiger partial charge in [0.1, 0.15) is 0 Å². The van der Waals surface area contributed by atoms with E-state index in [1.54, 1.807) is 0 Å². The molecule has 0 unspecified atom stereocenters. The molecule has 1 aliphatic heterocycles. The third-order valence-electron chi connectivity index (χ3n) is 6.24. The molecule has 0 atom stereocenters. The fraction of sp³-hybridized carbons (Fsp3) is 0.429. The molecule has 0 saturated carbocycles. The molecule has 116 valence electrons. The molecule has 1 aliphatic rings. The molecule has 1 nitrogen and oxygen atoms in total. The van der Waals surface area contributed by atoms with Crippen LogP contribution in [0.4, 0.5) is 11.4 Å². The summed E-state index contributed by atoms with van der Waals surface area (Å²) >= 11 is 0. The minimum Gasteiger partial charge on any atom is -0.355 e. The van der Waals surface area contributed by atoms with E-state index in [4.69, 9.17) is 0 Å². The van der Waals surface area contributed by atoms with Gasteiger partial charge in [0.2, 0.25) is 0 Å². The summed E-state index contributed by atoms with van der Waals surface area (Å²) in [5.74, 6) is 0. The summed E-state index contributed by atoms with van der Waals surface area (Å²) in [6.45, 7) is 18.1. The standard InChI is InChI=1S/C21H27N/c1-10-12(3)16(7)20-18(14(10)5)9-19-15(6)11(2)13(4)17(8)21(19)22-20/h22H,9H2,1-8H3. The topological polar surface area (TPSA) is 12.0 Å². The molecule has 2 aromatic rings. The summed E-state index contributed by atoms with van der Waals surface area (Å²) in [5.41, 5.74) is 17.1. The van der Waals surface area contributed by atoms with Crippen LogP contribution in [0.1, 0.15) is 55.6 Å². The van der Waals surface area contributed by atoms with Crippen LogP contribution >= 0.6 is 0 Å². The zero-order chi connectivity index (χ0) is 16.3. The highest BCUT2D eigenvalue weighted by molar-refractivity contribution is 5.81. The van der Waals surface area contributed by atoms with E-state index in [2.05, 4.69) is 60.7 Å². The van der Waals surface area contributed by atoms with Crippen molar-refractivity contribution in [1.82, 2.24) is 0 Å². The molecule has 22 heavy (non-hydrogen) atoms. The molecule has 0 radical (unpaired) electrons. The van der Waals surface area contributed by atoms with Crippen molar-refractivity contribution in [2.24, 2.45) is 0 Å². The molecule has 0 aliphatic carbocycles. The van der Waals surface area contributed by atoms with Crippen LogP contribution in [0.3, 0.4) is 0 Å². The third kappa shape index (κ3) is 1.84. The number of fused-ring (bicyclic) bond motifs is 2. The van der Waals surface area contributed by atoms with Crippen LogP contribution in [0.5, 0.6) is 0 Å². The van der Waals surface area contributed by atoms with Gasteiger partial charge in [-0.3, -0.25) is 0 Å². The van der Waals surface area contributed by atoms with E-state index >= 15 is 0 Å². The molecular formula is C21H27N. The Morgan fingerprint density at radius 1 is 0.455 bits per heavy atom. The van der Waals surface area contributed by atoms with Crippen molar-refractivity contribution in [3.63, 3.8) is 0 Å².